The van der Waals surface area contributed by atoms with Crippen molar-refractivity contribution in [2.75, 3.05) is 5.32 Å². The van der Waals surface area contributed by atoms with E-state index < -0.39 is 0 Å². The number of nitrogens with zero attached hydrogens (tertiary/aromatic N) is 2. The third-order valence-electron chi connectivity index (χ3n) is 4.23. The summed E-state index contributed by atoms with van der Waals surface area (Å²) in [5.74, 6) is 0.324. The molecule has 7 heteroatoms. The summed E-state index contributed by atoms with van der Waals surface area (Å²) in [6.07, 6.45) is 1.36. The molecule has 0 amide bonds. The lowest BCUT2D eigenvalue weighted by atomic mass is 10.1. The number of fused-ring (bicyclic) bond motifs is 1. The van der Waals surface area contributed by atoms with E-state index in [1.807, 2.05) is 50.2 Å². The van der Waals surface area contributed by atoms with E-state index >= 15 is 0 Å². The normalized spacial score (nSPS) is 11.0. The van der Waals surface area contributed by atoms with E-state index in [0.29, 0.717) is 16.4 Å². The largest absolute Gasteiger partial charge is 0.459 e. The van der Waals surface area contributed by atoms with Crippen molar-refractivity contribution in [1.82, 2.24) is 9.97 Å². The molecule has 2 aromatic heterocycles. The van der Waals surface area contributed by atoms with E-state index in [1.165, 1.54) is 6.33 Å². The third kappa shape index (κ3) is 4.23. The summed E-state index contributed by atoms with van der Waals surface area (Å²) in [6.45, 7) is 3.65. The first kappa shape index (κ1) is 19.4. The molecule has 0 aliphatic carbocycles. The number of hydrogen-bond acceptors (Lipinski definition) is 6. The maximum Gasteiger partial charge on any atom is 0.338 e. The van der Waals surface area contributed by atoms with Gasteiger partial charge in [0.15, 0.2) is 0 Å². The number of carbonyl (C=O) groups is 1. The number of carbonyl (C=O) groups excluding carboxylic acids is 1. The molecule has 4 rings (SSSR count). The van der Waals surface area contributed by atoms with Crippen molar-refractivity contribution in [3.63, 3.8) is 0 Å². The van der Waals surface area contributed by atoms with Crippen LogP contribution in [-0.2, 0) is 4.74 Å². The molecule has 29 heavy (non-hydrogen) atoms. The lowest BCUT2D eigenvalue weighted by Crippen LogP contribution is -2.11. The van der Waals surface area contributed by atoms with Gasteiger partial charge >= 0.3 is 5.97 Å². The van der Waals surface area contributed by atoms with Gasteiger partial charge in [-0.15, -0.1) is 11.3 Å². The monoisotopic (exact) mass is 423 g/mol. The van der Waals surface area contributed by atoms with Crippen molar-refractivity contribution in [3.8, 4) is 11.1 Å². The van der Waals surface area contributed by atoms with Gasteiger partial charge in [-0.3, -0.25) is 0 Å². The Balaban J connectivity index is 1.71. The molecule has 0 unspecified atom stereocenters. The van der Waals surface area contributed by atoms with Crippen LogP contribution < -0.4 is 5.32 Å². The third-order valence-corrected chi connectivity index (χ3v) is 5.37. The summed E-state index contributed by atoms with van der Waals surface area (Å²) in [7, 11) is 0. The van der Waals surface area contributed by atoms with E-state index in [0.717, 1.165) is 27.0 Å². The van der Waals surface area contributed by atoms with Gasteiger partial charge in [0.1, 0.15) is 17.0 Å². The van der Waals surface area contributed by atoms with E-state index in [2.05, 4.69) is 20.7 Å². The molecule has 0 saturated carbocycles. The Bertz CT molecular complexity index is 1170. The van der Waals surface area contributed by atoms with Crippen molar-refractivity contribution in [3.05, 3.63) is 70.8 Å². The van der Waals surface area contributed by atoms with Gasteiger partial charge < -0.3 is 10.1 Å². The predicted molar refractivity (Wildman–Crippen MR) is 118 cm³/mol. The molecule has 0 saturated heterocycles. The Hall–Kier alpha value is -2.96. The van der Waals surface area contributed by atoms with Crippen LogP contribution in [0.25, 0.3) is 21.3 Å². The number of esters is 1. The summed E-state index contributed by atoms with van der Waals surface area (Å²) in [6, 6.07) is 14.9. The minimum absolute atomic E-state index is 0.173. The van der Waals surface area contributed by atoms with Crippen LogP contribution >= 0.6 is 22.9 Å². The smallest absolute Gasteiger partial charge is 0.338 e. The Kier molecular flexibility index (Phi) is 5.47. The highest BCUT2D eigenvalue weighted by Gasteiger charge is 2.15. The zero-order valence-corrected chi connectivity index (χ0v) is 17.4. The molecule has 0 bridgehead atoms. The molecule has 5 nitrogen and oxygen atoms in total. The zero-order valence-electron chi connectivity index (χ0n) is 15.8. The molecule has 2 aromatic carbocycles. The van der Waals surface area contributed by atoms with Crippen LogP contribution in [-0.4, -0.2) is 22.0 Å². The first-order chi connectivity index (χ1) is 14.0. The fourth-order valence-corrected chi connectivity index (χ4v) is 4.00. The predicted octanol–water partition coefficient (Wildman–Crippen LogP) is 6.32. The molecule has 0 aliphatic rings. The Morgan fingerprint density at radius 2 is 1.93 bits per heavy atom. The van der Waals surface area contributed by atoms with Crippen LogP contribution in [0.5, 0.6) is 0 Å². The fraction of sp³-hybridized carbons (Fsp3) is 0.136. The van der Waals surface area contributed by atoms with Crippen LogP contribution in [0.3, 0.4) is 0 Å². The molecule has 0 fully saturated rings. The van der Waals surface area contributed by atoms with Crippen molar-refractivity contribution in [2.24, 2.45) is 0 Å². The Morgan fingerprint density at radius 3 is 2.69 bits per heavy atom. The van der Waals surface area contributed by atoms with Gasteiger partial charge in [-0.2, -0.15) is 0 Å². The summed E-state index contributed by atoms with van der Waals surface area (Å²) < 4.78 is 5.28. The van der Waals surface area contributed by atoms with Gasteiger partial charge in [0.2, 0.25) is 0 Å². The molecule has 4 aromatic rings. The fourth-order valence-electron chi connectivity index (χ4n) is 2.95. The Labute approximate surface area is 177 Å². The van der Waals surface area contributed by atoms with E-state index in [-0.39, 0.29) is 12.1 Å². The SMILES string of the molecule is CC(C)OC(=O)c1cccc(Nc2ncnc3scc(-c4ccc(Cl)cc4)c23)c1. The van der Waals surface area contributed by atoms with E-state index in [1.54, 1.807) is 23.5 Å². The number of aromatic nitrogens is 2. The lowest BCUT2D eigenvalue weighted by molar-refractivity contribution is 0.0378. The van der Waals surface area contributed by atoms with Gasteiger partial charge in [-0.25, -0.2) is 14.8 Å². The van der Waals surface area contributed by atoms with Crippen LogP contribution in [0.2, 0.25) is 5.02 Å². The van der Waals surface area contributed by atoms with Crippen LogP contribution in [0.15, 0.2) is 60.2 Å². The number of benzene rings is 2. The maximum atomic E-state index is 12.2. The molecule has 0 radical (unpaired) electrons. The average Bonchev–Trinajstić information content (AvgIpc) is 3.13. The highest BCUT2D eigenvalue weighted by atomic mass is 35.5. The molecular weight excluding hydrogens is 406 g/mol. The number of hydrogen-bond donors (Lipinski definition) is 1. The zero-order chi connectivity index (χ0) is 20.4. The molecule has 0 atom stereocenters. The number of rotatable bonds is 5. The average molecular weight is 424 g/mol. The minimum Gasteiger partial charge on any atom is -0.459 e. The minimum atomic E-state index is -0.353. The van der Waals surface area contributed by atoms with Gasteiger partial charge in [0, 0.05) is 21.7 Å². The highest BCUT2D eigenvalue weighted by Crippen LogP contribution is 2.37. The molecule has 2 heterocycles. The van der Waals surface area contributed by atoms with Gasteiger partial charge in [0.25, 0.3) is 0 Å². The number of ether oxygens (including phenoxy) is 1. The second-order valence-electron chi connectivity index (χ2n) is 6.72. The molecule has 1 N–H and O–H groups in total. The van der Waals surface area contributed by atoms with Crippen molar-refractivity contribution < 1.29 is 9.53 Å². The Morgan fingerprint density at radius 1 is 1.14 bits per heavy atom. The lowest BCUT2D eigenvalue weighted by Gasteiger charge is -2.11. The molecule has 0 spiro atoms. The highest BCUT2D eigenvalue weighted by molar-refractivity contribution is 7.17. The van der Waals surface area contributed by atoms with E-state index in [4.69, 9.17) is 16.3 Å². The number of halogens is 1. The first-order valence-electron chi connectivity index (χ1n) is 9.07. The second kappa shape index (κ2) is 8.19. The first-order valence-corrected chi connectivity index (χ1v) is 10.3. The summed E-state index contributed by atoms with van der Waals surface area (Å²) in [5.41, 5.74) is 3.29. The molecule has 0 aliphatic heterocycles. The number of anilines is 2. The summed E-state index contributed by atoms with van der Waals surface area (Å²) in [4.78, 5) is 21.9. The maximum absolute atomic E-state index is 12.2. The number of nitrogens with one attached hydrogen (secondary N) is 1. The second-order valence-corrected chi connectivity index (χ2v) is 8.01. The van der Waals surface area contributed by atoms with Crippen molar-refractivity contribution in [1.29, 1.82) is 0 Å². The van der Waals surface area contributed by atoms with Gasteiger partial charge in [-0.05, 0) is 49.7 Å². The van der Waals surface area contributed by atoms with Gasteiger partial charge in [0.05, 0.1) is 17.1 Å². The van der Waals surface area contributed by atoms with Gasteiger partial charge in [-0.1, -0.05) is 29.8 Å². The standard InChI is InChI=1S/C22H18ClN3O2S/c1-13(2)28-22(27)15-4-3-5-17(10-15)26-20-19-18(11-29-21(19)25-12-24-20)14-6-8-16(23)9-7-14/h3-13H,1-2H3,(H,24,25,26). The van der Waals surface area contributed by atoms with Crippen LogP contribution in [0.4, 0.5) is 11.5 Å². The van der Waals surface area contributed by atoms with Crippen molar-refractivity contribution >= 4 is 50.6 Å². The molecular formula is C22H18ClN3O2S. The quantitative estimate of drug-likeness (QED) is 0.380. The molecule has 146 valence electrons. The number of thiophene rings is 1. The summed E-state index contributed by atoms with van der Waals surface area (Å²) >= 11 is 7.58. The van der Waals surface area contributed by atoms with E-state index in [9.17, 15) is 4.79 Å². The summed E-state index contributed by atoms with van der Waals surface area (Å²) in [5, 5.41) is 7.00. The van der Waals surface area contributed by atoms with Crippen LogP contribution in [0.1, 0.15) is 24.2 Å². The van der Waals surface area contributed by atoms with Crippen LogP contribution in [0, 0.1) is 0 Å². The topological polar surface area (TPSA) is 64.1 Å². The van der Waals surface area contributed by atoms with Crippen molar-refractivity contribution in [2.45, 2.75) is 20.0 Å².